The predicted molar refractivity (Wildman–Crippen MR) is 96.7 cm³/mol. The second-order valence-corrected chi connectivity index (χ2v) is 7.53. The van der Waals surface area contributed by atoms with Gasteiger partial charge in [0, 0.05) is 12.8 Å². The monoisotopic (exact) mass is 361 g/mol. The average molecular weight is 361 g/mol. The van der Waals surface area contributed by atoms with Crippen LogP contribution in [0.1, 0.15) is 52.0 Å². The second kappa shape index (κ2) is 8.83. The van der Waals surface area contributed by atoms with E-state index >= 15 is 0 Å². The number of alkyl carbamates (subject to hydrolysis) is 1. The van der Waals surface area contributed by atoms with Crippen molar-refractivity contribution >= 4 is 17.8 Å². The van der Waals surface area contributed by atoms with E-state index < -0.39 is 29.8 Å². The van der Waals surface area contributed by atoms with Crippen molar-refractivity contribution in [1.82, 2.24) is 5.32 Å². The van der Waals surface area contributed by atoms with Gasteiger partial charge in [0.25, 0.3) is 0 Å². The lowest BCUT2D eigenvalue weighted by Crippen LogP contribution is -2.47. The lowest BCUT2D eigenvalue weighted by atomic mass is 9.96. The van der Waals surface area contributed by atoms with Crippen LogP contribution in [0.5, 0.6) is 0 Å². The highest BCUT2D eigenvalue weighted by Crippen LogP contribution is 2.18. The Kier molecular flexibility index (Phi) is 6.77. The van der Waals surface area contributed by atoms with E-state index in [1.165, 1.54) is 0 Å². The van der Waals surface area contributed by atoms with E-state index in [-0.39, 0.29) is 12.2 Å². The summed E-state index contributed by atoms with van der Waals surface area (Å²) in [6, 6.07) is 8.40. The number of benzene rings is 1. The molecule has 1 aromatic rings. The van der Waals surface area contributed by atoms with Gasteiger partial charge < -0.3 is 14.8 Å². The largest absolute Gasteiger partial charge is 0.453 e. The fourth-order valence-electron chi connectivity index (χ4n) is 2.79. The molecule has 0 aliphatic heterocycles. The number of amides is 1. The van der Waals surface area contributed by atoms with Crippen molar-refractivity contribution in [1.29, 1.82) is 0 Å². The van der Waals surface area contributed by atoms with Crippen molar-refractivity contribution in [2.45, 2.75) is 70.6 Å². The van der Waals surface area contributed by atoms with E-state index in [0.717, 1.165) is 18.4 Å². The molecule has 1 aromatic carbocycles. The van der Waals surface area contributed by atoms with Gasteiger partial charge in [0.2, 0.25) is 0 Å². The molecule has 0 spiro atoms. The van der Waals surface area contributed by atoms with Crippen LogP contribution in [0.2, 0.25) is 0 Å². The number of carbonyl (C=O) groups is 3. The number of hydrogen-bond donors (Lipinski definition) is 1. The Hall–Kier alpha value is -2.37. The highest BCUT2D eigenvalue weighted by Gasteiger charge is 2.31. The van der Waals surface area contributed by atoms with Crippen molar-refractivity contribution in [3.8, 4) is 0 Å². The molecule has 6 heteroatoms. The van der Waals surface area contributed by atoms with E-state index in [1.807, 2.05) is 30.3 Å². The molecule has 1 saturated carbocycles. The summed E-state index contributed by atoms with van der Waals surface area (Å²) in [6.45, 7) is 5.24. The molecule has 2 rings (SSSR count). The maximum Gasteiger partial charge on any atom is 0.408 e. The molecule has 0 unspecified atom stereocenters. The summed E-state index contributed by atoms with van der Waals surface area (Å²) in [4.78, 5) is 36.7. The first-order valence-electron chi connectivity index (χ1n) is 9.01. The minimum Gasteiger partial charge on any atom is -0.453 e. The molecule has 1 fully saturated rings. The van der Waals surface area contributed by atoms with Crippen LogP contribution in [-0.4, -0.2) is 35.6 Å². The zero-order valence-electron chi connectivity index (χ0n) is 15.6. The van der Waals surface area contributed by atoms with Crippen molar-refractivity contribution in [3.63, 3.8) is 0 Å². The number of nitrogens with one attached hydrogen (secondary N) is 1. The summed E-state index contributed by atoms with van der Waals surface area (Å²) >= 11 is 0. The summed E-state index contributed by atoms with van der Waals surface area (Å²) in [5, 5.41) is 2.58. The molecule has 1 amide bonds. The topological polar surface area (TPSA) is 81.7 Å². The smallest absolute Gasteiger partial charge is 0.408 e. The molecule has 0 radical (unpaired) electrons. The molecule has 1 aliphatic carbocycles. The first-order valence-corrected chi connectivity index (χ1v) is 9.01. The normalized spacial score (nSPS) is 18.7. The standard InChI is InChI=1S/C20H27NO5/c1-20(2,3)26-19(24)21-15(13-14-9-5-4-6-10-14)18(23)25-17-12-8-7-11-16(17)22/h4-6,9-10,15,17H,7-8,11-13H2,1-3H3,(H,21,24)/t15-,17-/m0/s1. The predicted octanol–water partition coefficient (Wildman–Crippen LogP) is 3.18. The molecule has 0 heterocycles. The molecule has 1 aliphatic rings. The second-order valence-electron chi connectivity index (χ2n) is 7.53. The van der Waals surface area contributed by atoms with Gasteiger partial charge in [-0.3, -0.25) is 4.79 Å². The number of rotatable bonds is 5. The molecule has 0 saturated heterocycles. The quantitative estimate of drug-likeness (QED) is 0.815. The molecule has 0 bridgehead atoms. The van der Waals surface area contributed by atoms with Crippen LogP contribution in [-0.2, 0) is 25.5 Å². The third-order valence-corrected chi connectivity index (χ3v) is 4.02. The third kappa shape index (κ3) is 6.50. The summed E-state index contributed by atoms with van der Waals surface area (Å²) in [7, 11) is 0. The van der Waals surface area contributed by atoms with Crippen LogP contribution in [0.15, 0.2) is 30.3 Å². The van der Waals surface area contributed by atoms with E-state index in [1.54, 1.807) is 20.8 Å². The van der Waals surface area contributed by atoms with Gasteiger partial charge in [-0.25, -0.2) is 9.59 Å². The maximum absolute atomic E-state index is 12.6. The minimum absolute atomic E-state index is 0.0553. The molecule has 0 aromatic heterocycles. The minimum atomic E-state index is -0.915. The van der Waals surface area contributed by atoms with Crippen molar-refractivity contribution in [2.75, 3.05) is 0 Å². The van der Waals surface area contributed by atoms with Crippen LogP contribution >= 0.6 is 0 Å². The molecular formula is C20H27NO5. The zero-order valence-corrected chi connectivity index (χ0v) is 15.6. The maximum atomic E-state index is 12.6. The number of esters is 1. The lowest BCUT2D eigenvalue weighted by Gasteiger charge is -2.25. The molecule has 2 atom stereocenters. The van der Waals surface area contributed by atoms with Crippen LogP contribution in [0.4, 0.5) is 4.79 Å². The fourth-order valence-corrected chi connectivity index (χ4v) is 2.79. The number of carbonyl (C=O) groups excluding carboxylic acids is 3. The number of Topliss-reactive ketones (excluding diaryl/α,β-unsaturated/α-hetero) is 1. The zero-order chi connectivity index (χ0) is 19.2. The molecule has 6 nitrogen and oxygen atoms in total. The van der Waals surface area contributed by atoms with Crippen LogP contribution in [0.25, 0.3) is 0 Å². The van der Waals surface area contributed by atoms with E-state index in [4.69, 9.17) is 9.47 Å². The van der Waals surface area contributed by atoms with E-state index in [2.05, 4.69) is 5.32 Å². The van der Waals surface area contributed by atoms with Gasteiger partial charge in [0.15, 0.2) is 11.9 Å². The fraction of sp³-hybridized carbons (Fsp3) is 0.550. The van der Waals surface area contributed by atoms with Crippen LogP contribution in [0, 0.1) is 0 Å². The van der Waals surface area contributed by atoms with Crippen molar-refractivity contribution in [2.24, 2.45) is 0 Å². The van der Waals surface area contributed by atoms with Gasteiger partial charge >= 0.3 is 12.1 Å². The Morgan fingerprint density at radius 2 is 1.88 bits per heavy atom. The molecule has 1 N–H and O–H groups in total. The van der Waals surface area contributed by atoms with E-state index in [0.29, 0.717) is 12.8 Å². The van der Waals surface area contributed by atoms with Gasteiger partial charge in [-0.05, 0) is 45.6 Å². The SMILES string of the molecule is CC(C)(C)OC(=O)N[C@@H](Cc1ccccc1)C(=O)O[C@H]1CCCCC1=O. The first kappa shape index (κ1) is 19.9. The number of ether oxygens (including phenoxy) is 2. The number of ketones is 1. The summed E-state index contributed by atoms with van der Waals surface area (Å²) in [5.41, 5.74) is 0.199. The summed E-state index contributed by atoms with van der Waals surface area (Å²) in [6.07, 6.45) is 1.51. The van der Waals surface area contributed by atoms with Gasteiger partial charge in [0.05, 0.1) is 0 Å². The number of hydrogen-bond acceptors (Lipinski definition) is 5. The molecular weight excluding hydrogens is 334 g/mol. The Labute approximate surface area is 154 Å². The van der Waals surface area contributed by atoms with Gasteiger partial charge in [0.1, 0.15) is 11.6 Å². The van der Waals surface area contributed by atoms with Gasteiger partial charge in [-0.15, -0.1) is 0 Å². The summed E-state index contributed by atoms with van der Waals surface area (Å²) < 4.78 is 10.7. The third-order valence-electron chi connectivity index (χ3n) is 4.02. The van der Waals surface area contributed by atoms with Gasteiger partial charge in [-0.2, -0.15) is 0 Å². The Balaban J connectivity index is 2.06. The Bertz CT molecular complexity index is 635. The molecule has 26 heavy (non-hydrogen) atoms. The Morgan fingerprint density at radius 1 is 1.19 bits per heavy atom. The lowest BCUT2D eigenvalue weighted by molar-refractivity contribution is -0.158. The van der Waals surface area contributed by atoms with Crippen LogP contribution < -0.4 is 5.32 Å². The first-order chi connectivity index (χ1) is 12.2. The highest BCUT2D eigenvalue weighted by atomic mass is 16.6. The average Bonchev–Trinajstić information content (AvgIpc) is 2.55. The molecule has 142 valence electrons. The van der Waals surface area contributed by atoms with Gasteiger partial charge in [-0.1, -0.05) is 30.3 Å². The van der Waals surface area contributed by atoms with Crippen LogP contribution in [0.3, 0.4) is 0 Å². The van der Waals surface area contributed by atoms with Crippen molar-refractivity contribution in [3.05, 3.63) is 35.9 Å². The Morgan fingerprint density at radius 3 is 2.50 bits per heavy atom. The van der Waals surface area contributed by atoms with E-state index in [9.17, 15) is 14.4 Å². The summed E-state index contributed by atoms with van der Waals surface area (Å²) in [5.74, 6) is -0.666. The highest BCUT2D eigenvalue weighted by molar-refractivity contribution is 5.88. The van der Waals surface area contributed by atoms with Crippen molar-refractivity contribution < 1.29 is 23.9 Å².